The molecular formula is C17H16BrF3N2O2. The molecule has 0 aliphatic rings. The molecule has 0 saturated carbocycles. The van der Waals surface area contributed by atoms with Crippen LogP contribution in [0.25, 0.3) is 0 Å². The molecule has 0 aromatic heterocycles. The lowest BCUT2D eigenvalue weighted by molar-refractivity contribution is -0.137. The van der Waals surface area contributed by atoms with E-state index in [0.717, 1.165) is 12.1 Å². The van der Waals surface area contributed by atoms with Crippen molar-refractivity contribution in [3.8, 4) is 11.5 Å². The van der Waals surface area contributed by atoms with Gasteiger partial charge in [-0.25, -0.2) is 0 Å². The standard InChI is InChI=1S/C17H16BrF3N2O2/c1-3-25-16-7-11(14(18)9-15(16)24-2)10-22-23-13-6-4-5-12(8-13)17(19,20)21/h4-10,23H,3H2,1-2H3/b22-10-. The van der Waals surface area contributed by atoms with Crippen molar-refractivity contribution in [2.75, 3.05) is 19.1 Å². The highest BCUT2D eigenvalue weighted by molar-refractivity contribution is 9.10. The summed E-state index contributed by atoms with van der Waals surface area (Å²) in [7, 11) is 1.53. The highest BCUT2D eigenvalue weighted by atomic mass is 79.9. The van der Waals surface area contributed by atoms with Crippen LogP contribution in [0, 0.1) is 0 Å². The van der Waals surface area contributed by atoms with E-state index in [0.29, 0.717) is 28.1 Å². The van der Waals surface area contributed by atoms with E-state index >= 15 is 0 Å². The minimum Gasteiger partial charge on any atom is -0.493 e. The maximum atomic E-state index is 12.7. The van der Waals surface area contributed by atoms with Gasteiger partial charge in [0.2, 0.25) is 0 Å². The Bertz CT molecular complexity index is 764. The van der Waals surface area contributed by atoms with Crippen molar-refractivity contribution in [2.24, 2.45) is 5.10 Å². The molecular weight excluding hydrogens is 401 g/mol. The smallest absolute Gasteiger partial charge is 0.416 e. The normalized spacial score (nSPS) is 11.6. The van der Waals surface area contributed by atoms with Crippen molar-refractivity contribution in [1.29, 1.82) is 0 Å². The number of rotatable bonds is 6. The fourth-order valence-electron chi connectivity index (χ4n) is 2.02. The second-order valence-electron chi connectivity index (χ2n) is 4.91. The van der Waals surface area contributed by atoms with Crippen LogP contribution in [0.15, 0.2) is 46.0 Å². The number of benzene rings is 2. The molecule has 0 saturated heterocycles. The number of alkyl halides is 3. The molecule has 0 aliphatic carbocycles. The Labute approximate surface area is 151 Å². The van der Waals surface area contributed by atoms with E-state index < -0.39 is 11.7 Å². The fourth-order valence-corrected chi connectivity index (χ4v) is 2.44. The zero-order chi connectivity index (χ0) is 18.4. The van der Waals surface area contributed by atoms with E-state index in [1.165, 1.54) is 25.5 Å². The van der Waals surface area contributed by atoms with Crippen molar-refractivity contribution in [2.45, 2.75) is 13.1 Å². The number of halogens is 4. The molecule has 0 fully saturated rings. The first kappa shape index (κ1) is 19.1. The quantitative estimate of drug-likeness (QED) is 0.511. The van der Waals surface area contributed by atoms with Crippen molar-refractivity contribution < 1.29 is 22.6 Å². The monoisotopic (exact) mass is 416 g/mol. The molecule has 0 amide bonds. The number of hydrazone groups is 1. The predicted octanol–water partition coefficient (Wildman–Crippen LogP) is 5.32. The molecule has 134 valence electrons. The van der Waals surface area contributed by atoms with Crippen LogP contribution in [0.4, 0.5) is 18.9 Å². The van der Waals surface area contributed by atoms with Crippen LogP contribution in [-0.4, -0.2) is 19.9 Å². The molecule has 0 bridgehead atoms. The van der Waals surface area contributed by atoms with E-state index in [2.05, 4.69) is 26.5 Å². The van der Waals surface area contributed by atoms with Crippen LogP contribution in [0.3, 0.4) is 0 Å². The minimum atomic E-state index is -4.40. The molecule has 0 heterocycles. The first-order valence-corrected chi connectivity index (χ1v) is 8.11. The summed E-state index contributed by atoms with van der Waals surface area (Å²) in [5.41, 5.74) is 2.77. The largest absolute Gasteiger partial charge is 0.493 e. The molecule has 8 heteroatoms. The van der Waals surface area contributed by atoms with Crippen molar-refractivity contribution in [3.05, 3.63) is 52.0 Å². The Morgan fingerprint density at radius 1 is 1.20 bits per heavy atom. The lowest BCUT2D eigenvalue weighted by Crippen LogP contribution is -2.05. The summed E-state index contributed by atoms with van der Waals surface area (Å²) in [5, 5.41) is 3.98. The van der Waals surface area contributed by atoms with Gasteiger partial charge in [-0.2, -0.15) is 18.3 Å². The Hall–Kier alpha value is -2.22. The summed E-state index contributed by atoms with van der Waals surface area (Å²) >= 11 is 3.39. The van der Waals surface area contributed by atoms with Crippen LogP contribution >= 0.6 is 15.9 Å². The molecule has 4 nitrogen and oxygen atoms in total. The van der Waals surface area contributed by atoms with Gasteiger partial charge in [0.05, 0.1) is 31.2 Å². The molecule has 25 heavy (non-hydrogen) atoms. The van der Waals surface area contributed by atoms with Crippen molar-refractivity contribution in [1.82, 2.24) is 0 Å². The van der Waals surface area contributed by atoms with Crippen molar-refractivity contribution >= 4 is 27.8 Å². The second-order valence-corrected chi connectivity index (χ2v) is 5.76. The van der Waals surface area contributed by atoms with Gasteiger partial charge in [-0.3, -0.25) is 5.43 Å². The lowest BCUT2D eigenvalue weighted by Gasteiger charge is -2.11. The fraction of sp³-hybridized carbons (Fsp3) is 0.235. The van der Waals surface area contributed by atoms with Gasteiger partial charge in [0.15, 0.2) is 11.5 Å². The van der Waals surface area contributed by atoms with Crippen LogP contribution in [0.1, 0.15) is 18.1 Å². The number of nitrogens with zero attached hydrogens (tertiary/aromatic N) is 1. The SMILES string of the molecule is CCOc1cc(/C=N\Nc2cccc(C(F)(F)F)c2)c(Br)cc1OC. The van der Waals surface area contributed by atoms with E-state index in [1.807, 2.05) is 6.92 Å². The van der Waals surface area contributed by atoms with Crippen molar-refractivity contribution in [3.63, 3.8) is 0 Å². The van der Waals surface area contributed by atoms with Gasteiger partial charge in [-0.15, -0.1) is 0 Å². The topological polar surface area (TPSA) is 42.8 Å². The average molecular weight is 417 g/mol. The summed E-state index contributed by atoms with van der Waals surface area (Å²) in [4.78, 5) is 0. The molecule has 0 spiro atoms. The van der Waals surface area contributed by atoms with Gasteiger partial charge in [0, 0.05) is 10.0 Å². The molecule has 0 unspecified atom stereocenters. The summed E-state index contributed by atoms with van der Waals surface area (Å²) < 4.78 is 49.5. The number of nitrogens with one attached hydrogen (secondary N) is 1. The number of methoxy groups -OCH3 is 1. The maximum absolute atomic E-state index is 12.7. The average Bonchev–Trinajstić information content (AvgIpc) is 2.57. The summed E-state index contributed by atoms with van der Waals surface area (Å²) in [6.07, 6.45) is -2.92. The first-order valence-electron chi connectivity index (χ1n) is 7.31. The third-order valence-electron chi connectivity index (χ3n) is 3.17. The molecule has 0 atom stereocenters. The van der Waals surface area contributed by atoms with Gasteiger partial charge >= 0.3 is 6.18 Å². The predicted molar refractivity (Wildman–Crippen MR) is 94.5 cm³/mol. The molecule has 2 rings (SSSR count). The van der Waals surface area contributed by atoms with Crippen LogP contribution < -0.4 is 14.9 Å². The summed E-state index contributed by atoms with van der Waals surface area (Å²) in [6.45, 7) is 2.32. The van der Waals surface area contributed by atoms with Gasteiger partial charge in [0.25, 0.3) is 0 Å². The van der Waals surface area contributed by atoms with E-state index in [4.69, 9.17) is 9.47 Å². The van der Waals surface area contributed by atoms with Crippen LogP contribution in [-0.2, 0) is 6.18 Å². The van der Waals surface area contributed by atoms with Crippen LogP contribution in [0.2, 0.25) is 0 Å². The number of hydrogen-bond donors (Lipinski definition) is 1. The molecule has 2 aromatic carbocycles. The summed E-state index contributed by atoms with van der Waals surface area (Å²) in [5.74, 6) is 1.12. The van der Waals surface area contributed by atoms with E-state index in [9.17, 15) is 13.2 Å². The first-order chi connectivity index (χ1) is 11.8. The Kier molecular flexibility index (Phi) is 6.30. The van der Waals surface area contributed by atoms with E-state index in [-0.39, 0.29) is 5.69 Å². The molecule has 0 aliphatic heterocycles. The van der Waals surface area contributed by atoms with Gasteiger partial charge in [-0.05, 0) is 53.2 Å². The Morgan fingerprint density at radius 2 is 1.96 bits per heavy atom. The van der Waals surface area contributed by atoms with Crippen LogP contribution in [0.5, 0.6) is 11.5 Å². The number of anilines is 1. The third kappa shape index (κ3) is 5.12. The van der Waals surface area contributed by atoms with Gasteiger partial charge in [0.1, 0.15) is 0 Å². The van der Waals surface area contributed by atoms with E-state index in [1.54, 1.807) is 12.1 Å². The number of ether oxygens (including phenoxy) is 2. The lowest BCUT2D eigenvalue weighted by atomic mass is 10.2. The van der Waals surface area contributed by atoms with Gasteiger partial charge < -0.3 is 9.47 Å². The maximum Gasteiger partial charge on any atom is 0.416 e. The number of hydrogen-bond acceptors (Lipinski definition) is 4. The third-order valence-corrected chi connectivity index (χ3v) is 3.86. The highest BCUT2D eigenvalue weighted by Gasteiger charge is 2.30. The zero-order valence-corrected chi connectivity index (χ0v) is 15.1. The zero-order valence-electron chi connectivity index (χ0n) is 13.5. The molecule has 1 N–H and O–H groups in total. The molecule has 0 radical (unpaired) electrons. The Morgan fingerprint density at radius 3 is 2.60 bits per heavy atom. The second kappa shape index (κ2) is 8.24. The Balaban J connectivity index is 2.18. The minimum absolute atomic E-state index is 0.237. The molecule has 2 aromatic rings. The highest BCUT2D eigenvalue weighted by Crippen LogP contribution is 2.33. The van der Waals surface area contributed by atoms with Gasteiger partial charge in [-0.1, -0.05) is 6.07 Å². The summed E-state index contributed by atoms with van der Waals surface area (Å²) in [6, 6.07) is 8.27.